The zero-order valence-electron chi connectivity index (χ0n) is 9.50. The van der Waals surface area contributed by atoms with Crippen LogP contribution in [0, 0.1) is 6.92 Å². The lowest BCUT2D eigenvalue weighted by Gasteiger charge is -2.14. The molecule has 16 heavy (non-hydrogen) atoms. The first kappa shape index (κ1) is 9.73. The predicted molar refractivity (Wildman–Crippen MR) is 62.7 cm³/mol. The number of fused-ring (bicyclic) bond motifs is 1. The van der Waals surface area contributed by atoms with Gasteiger partial charge in [0.25, 0.3) is 0 Å². The Hall–Kier alpha value is -1.48. The number of hydrogen-bond donors (Lipinski definition) is 2. The summed E-state index contributed by atoms with van der Waals surface area (Å²) in [7, 11) is 1.66. The summed E-state index contributed by atoms with van der Waals surface area (Å²) >= 11 is 0. The van der Waals surface area contributed by atoms with E-state index in [9.17, 15) is 5.11 Å². The number of aromatic nitrogens is 1. The number of ether oxygens (including phenoxy) is 1. The van der Waals surface area contributed by atoms with Crippen molar-refractivity contribution in [3.05, 3.63) is 29.5 Å². The molecule has 0 unspecified atom stereocenters. The summed E-state index contributed by atoms with van der Waals surface area (Å²) in [4.78, 5) is 3.20. The van der Waals surface area contributed by atoms with Crippen molar-refractivity contribution in [1.29, 1.82) is 0 Å². The number of nitrogens with one attached hydrogen (secondary N) is 1. The Kier molecular flexibility index (Phi) is 1.83. The summed E-state index contributed by atoms with van der Waals surface area (Å²) < 4.78 is 5.48. The molecule has 2 N–H and O–H groups in total. The van der Waals surface area contributed by atoms with Gasteiger partial charge in [0.2, 0.25) is 0 Å². The van der Waals surface area contributed by atoms with Gasteiger partial charge < -0.3 is 14.8 Å². The lowest BCUT2D eigenvalue weighted by molar-refractivity contribution is 0.148. The topological polar surface area (TPSA) is 45.2 Å². The number of benzene rings is 1. The lowest BCUT2D eigenvalue weighted by Crippen LogP contribution is -2.06. The maximum atomic E-state index is 10.2. The molecule has 0 spiro atoms. The van der Waals surface area contributed by atoms with Crippen LogP contribution in [0.15, 0.2) is 18.3 Å². The summed E-state index contributed by atoms with van der Waals surface area (Å²) in [6, 6.07) is 3.97. The molecule has 1 fully saturated rings. The van der Waals surface area contributed by atoms with E-state index in [1.54, 1.807) is 7.11 Å². The van der Waals surface area contributed by atoms with E-state index < -0.39 is 5.60 Å². The van der Waals surface area contributed by atoms with Crippen LogP contribution in [0.5, 0.6) is 5.75 Å². The molecule has 1 saturated carbocycles. The third-order valence-electron chi connectivity index (χ3n) is 3.43. The molecule has 2 aromatic rings. The molecule has 84 valence electrons. The second-order valence-electron chi connectivity index (χ2n) is 4.57. The van der Waals surface area contributed by atoms with Gasteiger partial charge >= 0.3 is 0 Å². The van der Waals surface area contributed by atoms with Crippen molar-refractivity contribution in [1.82, 2.24) is 4.98 Å². The van der Waals surface area contributed by atoms with Crippen LogP contribution in [0.4, 0.5) is 0 Å². The molecule has 3 heteroatoms. The SMILES string of the molecule is COc1c(C2(O)CC2)ccc2[nH]cc(C)c12. The van der Waals surface area contributed by atoms with Crippen LogP contribution in [-0.2, 0) is 5.60 Å². The predicted octanol–water partition coefficient (Wildman–Crippen LogP) is 2.47. The first-order valence-electron chi connectivity index (χ1n) is 5.53. The zero-order chi connectivity index (χ0) is 11.3. The third-order valence-corrected chi connectivity index (χ3v) is 3.43. The maximum absolute atomic E-state index is 10.2. The Labute approximate surface area is 94.0 Å². The van der Waals surface area contributed by atoms with Gasteiger partial charge in [-0.1, -0.05) is 6.07 Å². The minimum atomic E-state index is -0.650. The number of methoxy groups -OCH3 is 1. The fourth-order valence-electron chi connectivity index (χ4n) is 2.32. The first-order chi connectivity index (χ1) is 7.65. The van der Waals surface area contributed by atoms with E-state index >= 15 is 0 Å². The van der Waals surface area contributed by atoms with Crippen LogP contribution < -0.4 is 4.74 Å². The molecule has 1 aliphatic carbocycles. The zero-order valence-corrected chi connectivity index (χ0v) is 9.50. The number of aliphatic hydroxyl groups is 1. The molecule has 3 nitrogen and oxygen atoms in total. The molecule has 3 rings (SSSR count). The van der Waals surface area contributed by atoms with E-state index in [1.165, 1.54) is 0 Å². The molecule has 0 saturated heterocycles. The van der Waals surface area contributed by atoms with Gasteiger partial charge in [-0.15, -0.1) is 0 Å². The largest absolute Gasteiger partial charge is 0.496 e. The second kappa shape index (κ2) is 3.01. The van der Waals surface area contributed by atoms with Crippen molar-refractivity contribution in [3.63, 3.8) is 0 Å². The average Bonchev–Trinajstić information content (AvgIpc) is 2.92. The highest BCUT2D eigenvalue weighted by molar-refractivity contribution is 5.90. The Morgan fingerprint density at radius 2 is 2.12 bits per heavy atom. The number of aromatic amines is 1. The Morgan fingerprint density at radius 1 is 1.38 bits per heavy atom. The summed E-state index contributed by atoms with van der Waals surface area (Å²) in [5.41, 5.74) is 2.48. The number of rotatable bonds is 2. The summed E-state index contributed by atoms with van der Waals surface area (Å²) in [6.45, 7) is 2.04. The summed E-state index contributed by atoms with van der Waals surface area (Å²) in [5, 5.41) is 11.3. The molecule has 0 amide bonds. The van der Waals surface area contributed by atoms with Gasteiger partial charge in [0.05, 0.1) is 12.7 Å². The smallest absolute Gasteiger partial charge is 0.134 e. The summed E-state index contributed by atoms with van der Waals surface area (Å²) in [5.74, 6) is 0.816. The Morgan fingerprint density at radius 3 is 2.75 bits per heavy atom. The quantitative estimate of drug-likeness (QED) is 0.811. The van der Waals surface area contributed by atoms with Crippen molar-refractivity contribution >= 4 is 10.9 Å². The van der Waals surface area contributed by atoms with Crippen LogP contribution in [-0.4, -0.2) is 17.2 Å². The van der Waals surface area contributed by atoms with E-state index in [0.29, 0.717) is 0 Å². The van der Waals surface area contributed by atoms with Crippen molar-refractivity contribution in [3.8, 4) is 5.75 Å². The van der Waals surface area contributed by atoms with Crippen LogP contribution >= 0.6 is 0 Å². The molecule has 1 heterocycles. The average molecular weight is 217 g/mol. The third kappa shape index (κ3) is 1.18. The Balaban J connectivity index is 2.33. The lowest BCUT2D eigenvalue weighted by atomic mass is 10.0. The van der Waals surface area contributed by atoms with E-state index in [4.69, 9.17) is 4.74 Å². The van der Waals surface area contributed by atoms with Crippen LogP contribution in [0.25, 0.3) is 10.9 Å². The summed E-state index contributed by atoms with van der Waals surface area (Å²) in [6.07, 6.45) is 3.63. The van der Waals surface area contributed by atoms with Gasteiger partial charge in [0, 0.05) is 22.7 Å². The molecular weight excluding hydrogens is 202 g/mol. The normalized spacial score (nSPS) is 17.7. The molecule has 1 aromatic carbocycles. The minimum Gasteiger partial charge on any atom is -0.496 e. The standard InChI is InChI=1S/C13H15NO2/c1-8-7-14-10-4-3-9(13(15)5-6-13)12(16-2)11(8)10/h3-4,7,14-15H,5-6H2,1-2H3. The van der Waals surface area contributed by atoms with Gasteiger partial charge in [0.15, 0.2) is 0 Å². The van der Waals surface area contributed by atoms with Crippen molar-refractivity contribution in [2.45, 2.75) is 25.4 Å². The van der Waals surface area contributed by atoms with E-state index in [0.717, 1.165) is 40.6 Å². The van der Waals surface area contributed by atoms with E-state index in [-0.39, 0.29) is 0 Å². The first-order valence-corrected chi connectivity index (χ1v) is 5.53. The van der Waals surface area contributed by atoms with Crippen molar-refractivity contribution in [2.24, 2.45) is 0 Å². The fraction of sp³-hybridized carbons (Fsp3) is 0.385. The highest BCUT2D eigenvalue weighted by atomic mass is 16.5. The fourth-order valence-corrected chi connectivity index (χ4v) is 2.32. The highest BCUT2D eigenvalue weighted by Gasteiger charge is 2.44. The number of hydrogen-bond acceptors (Lipinski definition) is 2. The van der Waals surface area contributed by atoms with Crippen molar-refractivity contribution < 1.29 is 9.84 Å². The second-order valence-corrected chi connectivity index (χ2v) is 4.57. The van der Waals surface area contributed by atoms with Gasteiger partial charge in [-0.05, 0) is 31.4 Å². The van der Waals surface area contributed by atoms with Gasteiger partial charge in [-0.2, -0.15) is 0 Å². The van der Waals surface area contributed by atoms with Crippen LogP contribution in [0.1, 0.15) is 24.0 Å². The minimum absolute atomic E-state index is 0.650. The van der Waals surface area contributed by atoms with E-state index in [1.807, 2.05) is 25.3 Å². The van der Waals surface area contributed by atoms with Gasteiger partial charge in [-0.25, -0.2) is 0 Å². The molecular formula is C13H15NO2. The number of aryl methyl sites for hydroxylation is 1. The van der Waals surface area contributed by atoms with Crippen LogP contribution in [0.3, 0.4) is 0 Å². The molecule has 0 atom stereocenters. The van der Waals surface area contributed by atoms with Gasteiger partial charge in [-0.3, -0.25) is 0 Å². The molecule has 1 aliphatic rings. The monoisotopic (exact) mass is 217 g/mol. The van der Waals surface area contributed by atoms with E-state index in [2.05, 4.69) is 4.98 Å². The molecule has 0 aliphatic heterocycles. The maximum Gasteiger partial charge on any atom is 0.134 e. The van der Waals surface area contributed by atoms with Gasteiger partial charge in [0.1, 0.15) is 5.75 Å². The highest BCUT2D eigenvalue weighted by Crippen LogP contribution is 2.50. The Bertz CT molecular complexity index is 552. The molecule has 0 radical (unpaired) electrons. The van der Waals surface area contributed by atoms with Crippen LogP contribution in [0.2, 0.25) is 0 Å². The van der Waals surface area contributed by atoms with Crippen molar-refractivity contribution in [2.75, 3.05) is 7.11 Å². The number of H-pyrrole nitrogens is 1. The molecule has 1 aromatic heterocycles. The molecule has 0 bridgehead atoms.